The second-order valence-electron chi connectivity index (χ2n) is 6.41. The molecule has 0 aliphatic carbocycles. The summed E-state index contributed by atoms with van der Waals surface area (Å²) in [6.45, 7) is 1.71. The van der Waals surface area contributed by atoms with E-state index in [9.17, 15) is 4.79 Å². The van der Waals surface area contributed by atoms with Gasteiger partial charge in [0.2, 0.25) is 0 Å². The molecule has 1 fully saturated rings. The molecule has 6 heteroatoms. The lowest BCUT2D eigenvalue weighted by Crippen LogP contribution is -2.39. The van der Waals surface area contributed by atoms with Gasteiger partial charge >= 0.3 is 6.03 Å². The minimum Gasteiger partial charge on any atom is -0.485 e. The summed E-state index contributed by atoms with van der Waals surface area (Å²) >= 11 is 0. The van der Waals surface area contributed by atoms with Crippen LogP contribution in [0.1, 0.15) is 25.0 Å². The highest BCUT2D eigenvalue weighted by Gasteiger charge is 2.19. The van der Waals surface area contributed by atoms with Crippen molar-refractivity contribution in [1.82, 2.24) is 9.88 Å². The summed E-state index contributed by atoms with van der Waals surface area (Å²) in [5.41, 5.74) is 1.48. The second kappa shape index (κ2) is 9.20. The highest BCUT2D eigenvalue weighted by molar-refractivity contribution is 5.90. The van der Waals surface area contributed by atoms with Crippen LogP contribution in [0.3, 0.4) is 0 Å². The number of benzene rings is 1. The van der Waals surface area contributed by atoms with Crippen LogP contribution in [0.2, 0.25) is 0 Å². The first-order chi connectivity index (χ1) is 12.7. The van der Waals surface area contributed by atoms with E-state index in [2.05, 4.69) is 10.3 Å². The third-order valence-electron chi connectivity index (χ3n) is 4.33. The van der Waals surface area contributed by atoms with E-state index in [1.165, 1.54) is 0 Å². The van der Waals surface area contributed by atoms with Crippen LogP contribution in [-0.2, 0) is 11.3 Å². The number of carbonyl (C=O) groups is 1. The SMILES string of the molecule is CN(CC1CCCCO1)C(=O)Nc1ccccc1OCc1ccccn1. The molecule has 1 aliphatic rings. The van der Waals surface area contributed by atoms with Gasteiger partial charge in [0.25, 0.3) is 0 Å². The van der Waals surface area contributed by atoms with Crippen LogP contribution in [0.15, 0.2) is 48.7 Å². The van der Waals surface area contributed by atoms with Crippen LogP contribution < -0.4 is 10.1 Å². The third-order valence-corrected chi connectivity index (χ3v) is 4.33. The molecule has 2 heterocycles. The molecular formula is C20H25N3O3. The zero-order valence-electron chi connectivity index (χ0n) is 15.1. The fourth-order valence-electron chi connectivity index (χ4n) is 2.88. The number of carbonyl (C=O) groups excluding carboxylic acids is 1. The van der Waals surface area contributed by atoms with Crippen LogP contribution in [0, 0.1) is 0 Å². The summed E-state index contributed by atoms with van der Waals surface area (Å²) in [5.74, 6) is 0.619. The largest absolute Gasteiger partial charge is 0.485 e. The first-order valence-electron chi connectivity index (χ1n) is 8.98. The number of hydrogen-bond acceptors (Lipinski definition) is 4. The van der Waals surface area contributed by atoms with Crippen LogP contribution in [0.4, 0.5) is 10.5 Å². The van der Waals surface area contributed by atoms with Gasteiger partial charge in [0.05, 0.1) is 17.5 Å². The molecule has 3 rings (SSSR count). The van der Waals surface area contributed by atoms with Crippen molar-refractivity contribution in [2.45, 2.75) is 32.0 Å². The van der Waals surface area contributed by atoms with Crippen molar-refractivity contribution in [2.24, 2.45) is 0 Å². The molecular weight excluding hydrogens is 330 g/mol. The second-order valence-corrected chi connectivity index (χ2v) is 6.41. The minimum atomic E-state index is -0.173. The van der Waals surface area contributed by atoms with E-state index in [1.54, 1.807) is 18.1 Å². The van der Waals surface area contributed by atoms with Gasteiger partial charge in [-0.1, -0.05) is 18.2 Å². The van der Waals surface area contributed by atoms with E-state index >= 15 is 0 Å². The summed E-state index contributed by atoms with van der Waals surface area (Å²) < 4.78 is 11.5. The van der Waals surface area contributed by atoms with E-state index in [0.717, 1.165) is 31.6 Å². The summed E-state index contributed by atoms with van der Waals surface area (Å²) in [6, 6.07) is 12.9. The maximum Gasteiger partial charge on any atom is 0.321 e. The van der Waals surface area contributed by atoms with Crippen molar-refractivity contribution < 1.29 is 14.3 Å². The first kappa shape index (κ1) is 18.2. The zero-order valence-corrected chi connectivity index (χ0v) is 15.1. The molecule has 1 aromatic carbocycles. The Kier molecular flexibility index (Phi) is 6.44. The van der Waals surface area contributed by atoms with Gasteiger partial charge in [-0.05, 0) is 43.5 Å². The molecule has 1 aliphatic heterocycles. The van der Waals surface area contributed by atoms with Crippen molar-refractivity contribution in [2.75, 3.05) is 25.5 Å². The fourth-order valence-corrected chi connectivity index (χ4v) is 2.88. The molecule has 2 amide bonds. The predicted molar refractivity (Wildman–Crippen MR) is 100 cm³/mol. The number of rotatable bonds is 6. The highest BCUT2D eigenvalue weighted by atomic mass is 16.5. The standard InChI is InChI=1S/C20H25N3O3/c1-23(14-17-9-5-7-13-25-17)20(24)22-18-10-2-3-11-19(18)26-15-16-8-4-6-12-21-16/h2-4,6,8,10-12,17H,5,7,9,13-15H2,1H3,(H,22,24). The number of urea groups is 1. The van der Waals surface area contributed by atoms with Gasteiger partial charge in [0.1, 0.15) is 12.4 Å². The van der Waals surface area contributed by atoms with Crippen LogP contribution in [0.25, 0.3) is 0 Å². The molecule has 26 heavy (non-hydrogen) atoms. The lowest BCUT2D eigenvalue weighted by molar-refractivity contribution is 0.00463. The summed E-state index contributed by atoms with van der Waals surface area (Å²) in [6.07, 6.45) is 5.11. The van der Waals surface area contributed by atoms with Crippen molar-refractivity contribution >= 4 is 11.7 Å². The van der Waals surface area contributed by atoms with E-state index < -0.39 is 0 Å². The summed E-state index contributed by atoms with van der Waals surface area (Å²) in [4.78, 5) is 18.4. The number of ether oxygens (including phenoxy) is 2. The molecule has 0 radical (unpaired) electrons. The number of likely N-dealkylation sites (N-methyl/N-ethyl adjacent to an activating group) is 1. The molecule has 0 bridgehead atoms. The normalized spacial score (nSPS) is 16.7. The van der Waals surface area contributed by atoms with E-state index in [-0.39, 0.29) is 12.1 Å². The zero-order chi connectivity index (χ0) is 18.2. The lowest BCUT2D eigenvalue weighted by Gasteiger charge is -2.27. The van der Waals surface area contributed by atoms with Crippen molar-refractivity contribution in [1.29, 1.82) is 0 Å². The van der Waals surface area contributed by atoms with Gasteiger partial charge in [-0.25, -0.2) is 4.79 Å². The monoisotopic (exact) mass is 355 g/mol. The van der Waals surface area contributed by atoms with Gasteiger partial charge in [-0.3, -0.25) is 4.98 Å². The highest BCUT2D eigenvalue weighted by Crippen LogP contribution is 2.25. The summed E-state index contributed by atoms with van der Waals surface area (Å²) in [5, 5.41) is 2.92. The molecule has 0 saturated carbocycles. The Balaban J connectivity index is 1.57. The molecule has 2 aromatic rings. The summed E-state index contributed by atoms with van der Waals surface area (Å²) in [7, 11) is 1.78. The van der Waals surface area contributed by atoms with Crippen molar-refractivity contribution in [3.05, 3.63) is 54.4 Å². The maximum atomic E-state index is 12.5. The Morgan fingerprint density at radius 2 is 2.12 bits per heavy atom. The molecule has 0 spiro atoms. The van der Waals surface area contributed by atoms with Crippen molar-refractivity contribution in [3.8, 4) is 5.75 Å². The minimum absolute atomic E-state index is 0.121. The van der Waals surface area contributed by atoms with Crippen LogP contribution >= 0.6 is 0 Å². The van der Waals surface area contributed by atoms with Crippen LogP contribution in [-0.4, -0.2) is 42.2 Å². The number of pyridine rings is 1. The molecule has 1 saturated heterocycles. The molecule has 6 nitrogen and oxygen atoms in total. The number of para-hydroxylation sites is 2. The Morgan fingerprint density at radius 1 is 1.27 bits per heavy atom. The smallest absolute Gasteiger partial charge is 0.321 e. The lowest BCUT2D eigenvalue weighted by atomic mass is 10.1. The quantitative estimate of drug-likeness (QED) is 0.858. The van der Waals surface area contributed by atoms with Crippen LogP contribution in [0.5, 0.6) is 5.75 Å². The topological polar surface area (TPSA) is 63.7 Å². The van der Waals surface area contributed by atoms with Gasteiger partial charge in [0, 0.05) is 26.4 Å². The molecule has 1 unspecified atom stereocenters. The fraction of sp³-hybridized carbons (Fsp3) is 0.400. The van der Waals surface area contributed by atoms with Crippen molar-refractivity contribution in [3.63, 3.8) is 0 Å². The Bertz CT molecular complexity index is 702. The van der Waals surface area contributed by atoms with Gasteiger partial charge < -0.3 is 19.7 Å². The van der Waals surface area contributed by atoms with Gasteiger partial charge in [0.15, 0.2) is 0 Å². The molecule has 1 aromatic heterocycles. The number of amides is 2. The molecule has 1 atom stereocenters. The van der Waals surface area contributed by atoms with Gasteiger partial charge in [-0.2, -0.15) is 0 Å². The van der Waals surface area contributed by atoms with E-state index in [0.29, 0.717) is 24.6 Å². The number of nitrogens with zero attached hydrogens (tertiary/aromatic N) is 2. The Hall–Kier alpha value is -2.60. The third kappa shape index (κ3) is 5.20. The average Bonchev–Trinajstić information content (AvgIpc) is 2.69. The van der Waals surface area contributed by atoms with Gasteiger partial charge in [-0.15, -0.1) is 0 Å². The average molecular weight is 355 g/mol. The Labute approximate surface area is 154 Å². The number of nitrogens with one attached hydrogen (secondary N) is 1. The number of anilines is 1. The van der Waals surface area contributed by atoms with E-state index in [4.69, 9.17) is 9.47 Å². The Morgan fingerprint density at radius 3 is 2.88 bits per heavy atom. The maximum absolute atomic E-state index is 12.5. The van der Waals surface area contributed by atoms with E-state index in [1.807, 2.05) is 42.5 Å². The molecule has 1 N–H and O–H groups in total. The molecule has 138 valence electrons. The first-order valence-corrected chi connectivity index (χ1v) is 8.98. The predicted octanol–water partition coefficient (Wildman–Crippen LogP) is 3.69. The number of hydrogen-bond donors (Lipinski definition) is 1. The number of aromatic nitrogens is 1.